The van der Waals surface area contributed by atoms with E-state index in [0.29, 0.717) is 0 Å². The lowest BCUT2D eigenvalue weighted by Gasteiger charge is -2.05. The maximum Gasteiger partial charge on any atom is 0.346 e. The fraction of sp³-hybridized carbons (Fsp3) is 0.167. The summed E-state index contributed by atoms with van der Waals surface area (Å²) in [6, 6.07) is 7.22. The van der Waals surface area contributed by atoms with Crippen LogP contribution in [0.1, 0.15) is 0 Å². The summed E-state index contributed by atoms with van der Waals surface area (Å²) < 4.78 is 9.90. The minimum Gasteiger partial charge on any atom is -0.465 e. The third kappa shape index (κ3) is 3.89. The summed E-state index contributed by atoms with van der Waals surface area (Å²) in [5.41, 5.74) is 0.520. The fourth-order valence-electron chi connectivity index (χ4n) is 1.12. The van der Waals surface area contributed by atoms with E-state index in [4.69, 9.17) is 0 Å². The fourth-order valence-corrected chi connectivity index (χ4v) is 1.39. The molecule has 1 N–H and O–H groups in total. The average Bonchev–Trinajstić information content (AvgIpc) is 2.40. The Bertz CT molecular complexity index is 449. The van der Waals surface area contributed by atoms with Crippen LogP contribution in [0, 0.1) is 0 Å². The van der Waals surface area contributed by atoms with Crippen LogP contribution in [0.5, 0.6) is 0 Å². The van der Waals surface area contributed by atoms with Gasteiger partial charge in [-0.3, -0.25) is 0 Å². The zero-order chi connectivity index (χ0) is 13.5. The Hall–Kier alpha value is -1.82. The summed E-state index contributed by atoms with van der Waals surface area (Å²) in [6.45, 7) is 0. The van der Waals surface area contributed by atoms with Crippen molar-refractivity contribution >= 4 is 33.6 Å². The molecule has 0 radical (unpaired) electrons. The predicted molar refractivity (Wildman–Crippen MR) is 69.9 cm³/mol. The van der Waals surface area contributed by atoms with Crippen molar-refractivity contribution in [3.63, 3.8) is 0 Å². The molecule has 1 rings (SSSR count). The van der Waals surface area contributed by atoms with Gasteiger partial charge in [-0.1, -0.05) is 15.9 Å². The van der Waals surface area contributed by atoms with Crippen LogP contribution in [0.25, 0.3) is 0 Å². The van der Waals surface area contributed by atoms with Crippen molar-refractivity contribution in [3.05, 3.63) is 40.5 Å². The SMILES string of the molecule is COC(=O)C(=CNc1ccc(Br)cc1)C(=O)OC. The van der Waals surface area contributed by atoms with E-state index < -0.39 is 11.9 Å². The first kappa shape index (κ1) is 14.2. The maximum atomic E-state index is 11.3. The number of anilines is 1. The maximum absolute atomic E-state index is 11.3. The van der Waals surface area contributed by atoms with E-state index in [0.717, 1.165) is 10.2 Å². The molecule has 0 aliphatic rings. The van der Waals surface area contributed by atoms with E-state index in [2.05, 4.69) is 30.7 Å². The Balaban J connectivity index is 2.86. The van der Waals surface area contributed by atoms with Crippen LogP contribution < -0.4 is 5.32 Å². The molecule has 0 saturated carbocycles. The molecule has 0 spiro atoms. The molecule has 1 aromatic rings. The molecular weight excluding hydrogens is 302 g/mol. The number of carbonyl (C=O) groups excluding carboxylic acids is 2. The first-order chi connectivity index (χ1) is 8.58. The number of hydrogen-bond acceptors (Lipinski definition) is 5. The van der Waals surface area contributed by atoms with Crippen LogP contribution >= 0.6 is 15.9 Å². The highest BCUT2D eigenvalue weighted by atomic mass is 79.9. The predicted octanol–water partition coefficient (Wildman–Crippen LogP) is 2.09. The Kier molecular flexibility index (Phi) is 5.38. The van der Waals surface area contributed by atoms with Gasteiger partial charge in [0, 0.05) is 16.4 Å². The molecule has 0 heterocycles. The third-order valence-electron chi connectivity index (χ3n) is 2.04. The third-order valence-corrected chi connectivity index (χ3v) is 2.57. The zero-order valence-electron chi connectivity index (χ0n) is 9.90. The van der Waals surface area contributed by atoms with Crippen molar-refractivity contribution in [1.29, 1.82) is 0 Å². The minimum atomic E-state index is -0.758. The van der Waals surface area contributed by atoms with Crippen LogP contribution in [-0.2, 0) is 19.1 Å². The number of methoxy groups -OCH3 is 2. The van der Waals surface area contributed by atoms with E-state index in [1.54, 1.807) is 12.1 Å². The van der Waals surface area contributed by atoms with Gasteiger partial charge in [-0.2, -0.15) is 0 Å². The summed E-state index contributed by atoms with van der Waals surface area (Å²) >= 11 is 3.30. The van der Waals surface area contributed by atoms with Crippen molar-refractivity contribution in [2.75, 3.05) is 19.5 Å². The van der Waals surface area contributed by atoms with Gasteiger partial charge < -0.3 is 14.8 Å². The van der Waals surface area contributed by atoms with Gasteiger partial charge in [-0.05, 0) is 24.3 Å². The Labute approximate surface area is 113 Å². The largest absolute Gasteiger partial charge is 0.465 e. The second-order valence-electron chi connectivity index (χ2n) is 3.19. The quantitative estimate of drug-likeness (QED) is 0.399. The number of nitrogens with one attached hydrogen (secondary N) is 1. The van der Waals surface area contributed by atoms with Gasteiger partial charge >= 0.3 is 11.9 Å². The number of carbonyl (C=O) groups is 2. The summed E-state index contributed by atoms with van der Waals surface area (Å²) in [5, 5.41) is 2.82. The van der Waals surface area contributed by atoms with Gasteiger partial charge in [0.25, 0.3) is 0 Å². The molecular formula is C12H12BrNO4. The molecule has 0 bridgehead atoms. The highest BCUT2D eigenvalue weighted by Crippen LogP contribution is 2.14. The number of esters is 2. The normalized spacial score (nSPS) is 9.28. The van der Waals surface area contributed by atoms with Crippen LogP contribution in [0.15, 0.2) is 40.5 Å². The summed E-state index contributed by atoms with van der Waals surface area (Å²) in [5.74, 6) is -1.52. The molecule has 5 nitrogen and oxygen atoms in total. The highest BCUT2D eigenvalue weighted by Gasteiger charge is 2.19. The molecule has 96 valence electrons. The molecule has 0 aliphatic carbocycles. The molecule has 0 unspecified atom stereocenters. The summed E-state index contributed by atoms with van der Waals surface area (Å²) in [6.07, 6.45) is 1.25. The molecule has 0 saturated heterocycles. The number of ether oxygens (including phenoxy) is 2. The van der Waals surface area contributed by atoms with Crippen molar-refractivity contribution in [3.8, 4) is 0 Å². The average molecular weight is 314 g/mol. The van der Waals surface area contributed by atoms with Gasteiger partial charge in [0.1, 0.15) is 0 Å². The van der Waals surface area contributed by atoms with Crippen LogP contribution in [0.3, 0.4) is 0 Å². The molecule has 0 aliphatic heterocycles. The molecule has 0 amide bonds. The van der Waals surface area contributed by atoms with E-state index in [9.17, 15) is 9.59 Å². The second-order valence-corrected chi connectivity index (χ2v) is 4.11. The van der Waals surface area contributed by atoms with Crippen molar-refractivity contribution in [2.45, 2.75) is 0 Å². The summed E-state index contributed by atoms with van der Waals surface area (Å²) in [7, 11) is 2.39. The van der Waals surface area contributed by atoms with E-state index in [-0.39, 0.29) is 5.57 Å². The number of benzene rings is 1. The van der Waals surface area contributed by atoms with Crippen molar-refractivity contribution in [2.24, 2.45) is 0 Å². The van der Waals surface area contributed by atoms with Crippen molar-refractivity contribution in [1.82, 2.24) is 0 Å². The van der Waals surface area contributed by atoms with Gasteiger partial charge in [-0.25, -0.2) is 9.59 Å². The lowest BCUT2D eigenvalue weighted by molar-refractivity contribution is -0.144. The summed E-state index contributed by atoms with van der Waals surface area (Å²) in [4.78, 5) is 22.7. The van der Waals surface area contributed by atoms with E-state index in [1.807, 2.05) is 12.1 Å². The standard InChI is InChI=1S/C12H12BrNO4/c1-17-11(15)10(12(16)18-2)7-14-9-5-3-8(13)4-6-9/h3-7,14H,1-2H3. The van der Waals surface area contributed by atoms with Gasteiger partial charge in [0.05, 0.1) is 14.2 Å². The molecule has 0 fully saturated rings. The smallest absolute Gasteiger partial charge is 0.346 e. The van der Waals surface area contributed by atoms with Crippen molar-refractivity contribution < 1.29 is 19.1 Å². The molecule has 1 aromatic carbocycles. The monoisotopic (exact) mass is 313 g/mol. The topological polar surface area (TPSA) is 64.6 Å². The molecule has 0 aromatic heterocycles. The van der Waals surface area contributed by atoms with Gasteiger partial charge in [0.15, 0.2) is 5.57 Å². The Morgan fingerprint density at radius 3 is 2.06 bits per heavy atom. The lowest BCUT2D eigenvalue weighted by Crippen LogP contribution is -2.17. The molecule has 0 atom stereocenters. The molecule has 18 heavy (non-hydrogen) atoms. The first-order valence-corrected chi connectivity index (χ1v) is 5.76. The Morgan fingerprint density at radius 1 is 1.11 bits per heavy atom. The first-order valence-electron chi connectivity index (χ1n) is 4.97. The molecule has 6 heteroatoms. The second kappa shape index (κ2) is 6.80. The lowest BCUT2D eigenvalue weighted by atomic mass is 10.3. The Morgan fingerprint density at radius 2 is 1.61 bits per heavy atom. The van der Waals surface area contributed by atoms with E-state index in [1.165, 1.54) is 20.4 Å². The zero-order valence-corrected chi connectivity index (χ0v) is 11.5. The van der Waals surface area contributed by atoms with Gasteiger partial charge in [0.2, 0.25) is 0 Å². The van der Waals surface area contributed by atoms with Crippen LogP contribution in [0.4, 0.5) is 5.69 Å². The van der Waals surface area contributed by atoms with E-state index >= 15 is 0 Å². The number of hydrogen-bond donors (Lipinski definition) is 1. The van der Waals surface area contributed by atoms with Gasteiger partial charge in [-0.15, -0.1) is 0 Å². The number of rotatable bonds is 4. The highest BCUT2D eigenvalue weighted by molar-refractivity contribution is 9.10. The van der Waals surface area contributed by atoms with Crippen LogP contribution in [-0.4, -0.2) is 26.2 Å². The minimum absolute atomic E-state index is 0.206. The van der Waals surface area contributed by atoms with Crippen LogP contribution in [0.2, 0.25) is 0 Å². The number of halogens is 1.